The zero-order valence-electron chi connectivity index (χ0n) is 14.3. The van der Waals surface area contributed by atoms with Gasteiger partial charge in [-0.2, -0.15) is 0 Å². The smallest absolute Gasteiger partial charge is 0.271 e. The molecule has 2 bridgehead atoms. The number of nitrogens with two attached hydrogens (primary N) is 1. The summed E-state index contributed by atoms with van der Waals surface area (Å²) in [5.74, 6) is -3.77. The molecule has 3 aliphatic heterocycles. The Bertz CT molecular complexity index is 933. The molecule has 3 atom stereocenters. The van der Waals surface area contributed by atoms with Gasteiger partial charge in [0.1, 0.15) is 22.9 Å². The summed E-state index contributed by atoms with van der Waals surface area (Å²) in [5, 5.41) is 21.9. The molecular formula is C17H19N3O6. The van der Waals surface area contributed by atoms with Gasteiger partial charge in [-0.1, -0.05) is 12.2 Å². The minimum absolute atomic E-state index is 0.0103. The number of carbonyl (C=O) groups excluding carboxylic acids is 2. The quantitative estimate of drug-likeness (QED) is 0.425. The molecule has 1 aromatic rings. The summed E-state index contributed by atoms with van der Waals surface area (Å²) < 4.78 is 6.91. The van der Waals surface area contributed by atoms with E-state index in [1.54, 1.807) is 19.1 Å². The third-order valence-corrected chi connectivity index (χ3v) is 5.74. The average molecular weight is 361 g/mol. The molecule has 138 valence electrons. The Hall–Kier alpha value is -2.49. The molecule has 0 fully saturated rings. The van der Waals surface area contributed by atoms with Gasteiger partial charge in [-0.05, 0) is 6.92 Å². The summed E-state index contributed by atoms with van der Waals surface area (Å²) in [6.07, 6.45) is 2.19. The van der Waals surface area contributed by atoms with E-state index in [9.17, 15) is 24.6 Å². The number of fused-ring (bicyclic) bond motifs is 1. The molecule has 1 spiro atoms. The van der Waals surface area contributed by atoms with Crippen molar-refractivity contribution < 1.29 is 24.5 Å². The summed E-state index contributed by atoms with van der Waals surface area (Å²) in [5.41, 5.74) is 2.84. The molecule has 0 radical (unpaired) electrons. The van der Waals surface area contributed by atoms with Crippen LogP contribution < -0.4 is 11.2 Å². The Labute approximate surface area is 148 Å². The van der Waals surface area contributed by atoms with Crippen molar-refractivity contribution in [3.05, 3.63) is 45.4 Å². The Balaban J connectivity index is 2.17. The van der Waals surface area contributed by atoms with Gasteiger partial charge in [-0.3, -0.25) is 14.4 Å². The van der Waals surface area contributed by atoms with Crippen LogP contribution in [0.5, 0.6) is 0 Å². The SMILES string of the molecule is COC1C=CC(C)N2CC13n1c(cc(=O)c(C(N)=O)c1CC3(O)O)C2=O. The maximum Gasteiger partial charge on any atom is 0.271 e. The van der Waals surface area contributed by atoms with Gasteiger partial charge in [-0.15, -0.1) is 0 Å². The van der Waals surface area contributed by atoms with Crippen LogP contribution in [0.2, 0.25) is 0 Å². The molecule has 9 heteroatoms. The number of ether oxygens (including phenoxy) is 1. The van der Waals surface area contributed by atoms with Gasteiger partial charge in [0.05, 0.1) is 6.54 Å². The van der Waals surface area contributed by atoms with Crippen molar-refractivity contribution in [3.63, 3.8) is 0 Å². The fraction of sp³-hybridized carbons (Fsp3) is 0.471. The number of pyridine rings is 1. The first-order valence-corrected chi connectivity index (χ1v) is 8.22. The van der Waals surface area contributed by atoms with Crippen LogP contribution in [-0.2, 0) is 16.7 Å². The molecule has 4 N–H and O–H groups in total. The molecule has 9 nitrogen and oxygen atoms in total. The van der Waals surface area contributed by atoms with E-state index in [1.807, 2.05) is 0 Å². The lowest BCUT2D eigenvalue weighted by atomic mass is 9.82. The molecule has 0 saturated heterocycles. The van der Waals surface area contributed by atoms with Gasteiger partial charge >= 0.3 is 0 Å². The number of rotatable bonds is 2. The van der Waals surface area contributed by atoms with Crippen molar-refractivity contribution >= 4 is 11.8 Å². The maximum absolute atomic E-state index is 13.0. The van der Waals surface area contributed by atoms with Gasteiger partial charge in [0.25, 0.3) is 11.8 Å². The number of nitrogens with zero attached hydrogens (tertiary/aromatic N) is 2. The minimum Gasteiger partial charge on any atom is -0.375 e. The minimum atomic E-state index is -2.36. The lowest BCUT2D eigenvalue weighted by Gasteiger charge is -2.49. The second-order valence-electron chi connectivity index (χ2n) is 7.05. The number of amides is 2. The van der Waals surface area contributed by atoms with Gasteiger partial charge in [0.2, 0.25) is 0 Å². The first-order chi connectivity index (χ1) is 12.2. The highest BCUT2D eigenvalue weighted by atomic mass is 16.5. The fourth-order valence-electron chi connectivity index (χ4n) is 4.52. The number of hydrogen-bond donors (Lipinski definition) is 3. The Morgan fingerprint density at radius 1 is 1.35 bits per heavy atom. The third-order valence-electron chi connectivity index (χ3n) is 5.74. The second-order valence-corrected chi connectivity index (χ2v) is 7.05. The Morgan fingerprint density at radius 2 is 2.04 bits per heavy atom. The van der Waals surface area contributed by atoms with Crippen LogP contribution >= 0.6 is 0 Å². The largest absolute Gasteiger partial charge is 0.375 e. The monoisotopic (exact) mass is 361 g/mol. The van der Waals surface area contributed by atoms with E-state index in [-0.39, 0.29) is 29.5 Å². The van der Waals surface area contributed by atoms with E-state index in [2.05, 4.69) is 0 Å². The summed E-state index contributed by atoms with van der Waals surface area (Å²) in [6, 6.07) is 0.706. The predicted molar refractivity (Wildman–Crippen MR) is 88.5 cm³/mol. The molecular weight excluding hydrogens is 342 g/mol. The van der Waals surface area contributed by atoms with E-state index < -0.39 is 41.1 Å². The molecule has 0 aromatic carbocycles. The van der Waals surface area contributed by atoms with E-state index in [4.69, 9.17) is 10.5 Å². The van der Waals surface area contributed by atoms with Gasteiger partial charge in [0.15, 0.2) is 11.2 Å². The van der Waals surface area contributed by atoms with E-state index in [0.29, 0.717) is 0 Å². The molecule has 4 heterocycles. The van der Waals surface area contributed by atoms with Crippen molar-refractivity contribution in [1.82, 2.24) is 9.47 Å². The normalized spacial score (nSPS) is 30.9. The van der Waals surface area contributed by atoms with Crippen LogP contribution in [0, 0.1) is 0 Å². The van der Waals surface area contributed by atoms with Crippen molar-refractivity contribution in [2.75, 3.05) is 13.7 Å². The van der Waals surface area contributed by atoms with Gasteiger partial charge in [0, 0.05) is 31.3 Å². The zero-order chi connectivity index (χ0) is 19.0. The zero-order valence-corrected chi connectivity index (χ0v) is 14.3. The van der Waals surface area contributed by atoms with E-state index in [0.717, 1.165) is 6.07 Å². The highest BCUT2D eigenvalue weighted by Crippen LogP contribution is 2.48. The van der Waals surface area contributed by atoms with Crippen LogP contribution in [0.15, 0.2) is 23.0 Å². The summed E-state index contributed by atoms with van der Waals surface area (Å²) in [6.45, 7) is 1.74. The van der Waals surface area contributed by atoms with Crippen LogP contribution in [0.3, 0.4) is 0 Å². The lowest BCUT2D eigenvalue weighted by Crippen LogP contribution is -2.68. The first-order valence-electron chi connectivity index (χ1n) is 8.22. The Kier molecular flexibility index (Phi) is 3.28. The molecule has 4 rings (SSSR count). The number of aliphatic hydroxyl groups is 2. The lowest BCUT2D eigenvalue weighted by molar-refractivity contribution is -0.246. The maximum atomic E-state index is 13.0. The number of carbonyl (C=O) groups is 2. The number of primary amides is 1. The van der Waals surface area contributed by atoms with Crippen LogP contribution in [-0.4, -0.2) is 63.1 Å². The van der Waals surface area contributed by atoms with Crippen molar-refractivity contribution in [1.29, 1.82) is 0 Å². The highest BCUT2D eigenvalue weighted by molar-refractivity contribution is 5.98. The topological polar surface area (TPSA) is 135 Å². The van der Waals surface area contributed by atoms with E-state index in [1.165, 1.54) is 16.6 Å². The van der Waals surface area contributed by atoms with Crippen LogP contribution in [0.4, 0.5) is 0 Å². The predicted octanol–water partition coefficient (Wildman–Crippen LogP) is -1.69. The number of aromatic nitrogens is 1. The number of methoxy groups -OCH3 is 1. The van der Waals surface area contributed by atoms with E-state index >= 15 is 0 Å². The van der Waals surface area contributed by atoms with Crippen molar-refractivity contribution in [3.8, 4) is 0 Å². The molecule has 26 heavy (non-hydrogen) atoms. The molecule has 0 saturated carbocycles. The summed E-state index contributed by atoms with van der Waals surface area (Å²) in [4.78, 5) is 38.7. The fourth-order valence-corrected chi connectivity index (χ4v) is 4.52. The van der Waals surface area contributed by atoms with Crippen molar-refractivity contribution in [2.24, 2.45) is 5.73 Å². The molecule has 0 aliphatic carbocycles. The highest BCUT2D eigenvalue weighted by Gasteiger charge is 2.66. The molecule has 1 aromatic heterocycles. The second kappa shape index (κ2) is 5.03. The summed E-state index contributed by atoms with van der Waals surface area (Å²) in [7, 11) is 1.42. The Morgan fingerprint density at radius 3 is 2.65 bits per heavy atom. The standard InChI is InChI=1S/C17H19N3O6/c1-8-3-4-12(26-2)16-7-19(8)15(23)9-5-11(21)13(14(18)22)10(20(9)16)6-17(16,24)25/h3-5,8,12,24-25H,6-7H2,1-2H3,(H2,18,22). The molecule has 2 amide bonds. The number of hydrogen-bond acceptors (Lipinski definition) is 6. The van der Waals surface area contributed by atoms with Gasteiger partial charge in [-0.25, -0.2) is 0 Å². The average Bonchev–Trinajstić information content (AvgIpc) is 2.69. The third kappa shape index (κ3) is 1.77. The first kappa shape index (κ1) is 17.0. The summed E-state index contributed by atoms with van der Waals surface area (Å²) >= 11 is 0. The van der Waals surface area contributed by atoms with Crippen LogP contribution in [0.1, 0.15) is 33.5 Å². The molecule has 3 unspecified atom stereocenters. The van der Waals surface area contributed by atoms with Crippen molar-refractivity contribution in [2.45, 2.75) is 36.8 Å². The van der Waals surface area contributed by atoms with Gasteiger partial charge < -0.3 is 30.2 Å². The molecule has 3 aliphatic rings. The van der Waals surface area contributed by atoms with Crippen LogP contribution in [0.25, 0.3) is 0 Å².